The molecular formula is C15H12BrNO2. The van der Waals surface area contributed by atoms with Crippen molar-refractivity contribution in [2.24, 2.45) is 0 Å². The van der Waals surface area contributed by atoms with E-state index in [0.717, 1.165) is 15.6 Å². The first kappa shape index (κ1) is 12.4. The molecular weight excluding hydrogens is 306 g/mol. The number of aromatic nitrogens is 1. The highest BCUT2D eigenvalue weighted by atomic mass is 79.9. The summed E-state index contributed by atoms with van der Waals surface area (Å²) in [4.78, 5) is 16.3. The molecule has 96 valence electrons. The summed E-state index contributed by atoms with van der Waals surface area (Å²) < 4.78 is 6.83. The van der Waals surface area contributed by atoms with Crippen LogP contribution in [0.4, 0.5) is 0 Å². The summed E-state index contributed by atoms with van der Waals surface area (Å²) in [7, 11) is 0. The average Bonchev–Trinajstić information content (AvgIpc) is 2.40. The van der Waals surface area contributed by atoms with Gasteiger partial charge >= 0.3 is 0 Å². The van der Waals surface area contributed by atoms with Gasteiger partial charge < -0.3 is 4.74 Å². The fourth-order valence-corrected chi connectivity index (χ4v) is 2.64. The lowest BCUT2D eigenvalue weighted by Crippen LogP contribution is -2.21. The number of fused-ring (bicyclic) bond motifs is 1. The maximum absolute atomic E-state index is 12.2. The van der Waals surface area contributed by atoms with Crippen LogP contribution in [-0.2, 0) is 0 Å². The van der Waals surface area contributed by atoms with Crippen LogP contribution in [0.1, 0.15) is 34.0 Å². The quantitative estimate of drug-likeness (QED) is 0.801. The highest BCUT2D eigenvalue weighted by molar-refractivity contribution is 9.10. The van der Waals surface area contributed by atoms with Crippen molar-refractivity contribution in [1.82, 2.24) is 4.98 Å². The van der Waals surface area contributed by atoms with Crippen molar-refractivity contribution < 1.29 is 9.53 Å². The van der Waals surface area contributed by atoms with Gasteiger partial charge in [-0.05, 0) is 36.8 Å². The number of carbonyl (C=O) groups is 1. The van der Waals surface area contributed by atoms with Gasteiger partial charge in [-0.3, -0.25) is 9.78 Å². The van der Waals surface area contributed by atoms with Gasteiger partial charge in [0.25, 0.3) is 0 Å². The third-order valence-electron chi connectivity index (χ3n) is 3.31. The lowest BCUT2D eigenvalue weighted by molar-refractivity contribution is 0.0849. The monoisotopic (exact) mass is 317 g/mol. The number of halogens is 1. The fraction of sp³-hybridized carbons (Fsp3) is 0.200. The van der Waals surface area contributed by atoms with Crippen molar-refractivity contribution >= 4 is 21.7 Å². The van der Waals surface area contributed by atoms with Crippen LogP contribution in [0, 0.1) is 6.92 Å². The molecule has 1 aromatic carbocycles. The van der Waals surface area contributed by atoms with Crippen LogP contribution in [0.2, 0.25) is 0 Å². The minimum atomic E-state index is -0.241. The summed E-state index contributed by atoms with van der Waals surface area (Å²) >= 11 is 3.37. The van der Waals surface area contributed by atoms with Gasteiger partial charge in [0.05, 0.1) is 12.0 Å². The second kappa shape index (κ2) is 4.78. The van der Waals surface area contributed by atoms with E-state index < -0.39 is 0 Å². The Hall–Kier alpha value is -1.68. The Kier molecular flexibility index (Phi) is 3.11. The van der Waals surface area contributed by atoms with E-state index in [1.54, 1.807) is 12.4 Å². The molecule has 0 bridgehead atoms. The first-order valence-corrected chi connectivity index (χ1v) is 6.84. The molecule has 0 N–H and O–H groups in total. The standard InChI is InChI=1S/C15H12BrNO2/c1-9-4-5-17-8-12(9)15-7-13(18)11-6-10(16)2-3-14(11)19-15/h2-6,8,15H,7H2,1H3. The number of aryl methyl sites for hydroxylation is 1. The van der Waals surface area contributed by atoms with Gasteiger partial charge in [-0.1, -0.05) is 15.9 Å². The summed E-state index contributed by atoms with van der Waals surface area (Å²) in [6.07, 6.45) is 3.64. The third kappa shape index (κ3) is 2.28. The van der Waals surface area contributed by atoms with Gasteiger partial charge in [0.1, 0.15) is 11.9 Å². The number of ether oxygens (including phenoxy) is 1. The van der Waals surface area contributed by atoms with Crippen molar-refractivity contribution in [3.63, 3.8) is 0 Å². The average molecular weight is 318 g/mol. The topological polar surface area (TPSA) is 39.2 Å². The van der Waals surface area contributed by atoms with Gasteiger partial charge in [-0.25, -0.2) is 0 Å². The van der Waals surface area contributed by atoms with E-state index in [1.807, 2.05) is 31.2 Å². The minimum Gasteiger partial charge on any atom is -0.484 e. The summed E-state index contributed by atoms with van der Waals surface area (Å²) in [5.74, 6) is 0.753. The highest BCUT2D eigenvalue weighted by Crippen LogP contribution is 2.36. The van der Waals surface area contributed by atoms with E-state index in [1.165, 1.54) is 0 Å². The smallest absolute Gasteiger partial charge is 0.170 e. The Labute approximate surface area is 119 Å². The summed E-state index contributed by atoms with van der Waals surface area (Å²) in [5.41, 5.74) is 2.71. The Morgan fingerprint density at radius 2 is 2.21 bits per heavy atom. The molecule has 3 nitrogen and oxygen atoms in total. The van der Waals surface area contributed by atoms with Crippen LogP contribution in [0.5, 0.6) is 5.75 Å². The molecule has 0 spiro atoms. The van der Waals surface area contributed by atoms with Crippen LogP contribution in [-0.4, -0.2) is 10.8 Å². The Bertz CT molecular complexity index is 654. The maximum Gasteiger partial charge on any atom is 0.170 e. The van der Waals surface area contributed by atoms with Crippen LogP contribution < -0.4 is 4.74 Å². The van der Waals surface area contributed by atoms with Crippen LogP contribution in [0.25, 0.3) is 0 Å². The predicted molar refractivity (Wildman–Crippen MR) is 75.4 cm³/mol. The molecule has 1 aromatic heterocycles. The SMILES string of the molecule is Cc1ccncc1C1CC(=O)c2cc(Br)ccc2O1. The number of carbonyl (C=O) groups excluding carboxylic acids is 1. The molecule has 0 radical (unpaired) electrons. The normalized spacial score (nSPS) is 17.8. The molecule has 1 aliphatic rings. The third-order valence-corrected chi connectivity index (χ3v) is 3.80. The number of ketones is 1. The fourth-order valence-electron chi connectivity index (χ4n) is 2.28. The second-order valence-corrected chi connectivity index (χ2v) is 5.52. The number of hydrogen-bond donors (Lipinski definition) is 0. The molecule has 0 saturated heterocycles. The Morgan fingerprint density at radius 3 is 3.00 bits per heavy atom. The molecule has 2 aromatic rings. The molecule has 0 amide bonds. The van der Waals surface area contributed by atoms with E-state index in [2.05, 4.69) is 20.9 Å². The zero-order valence-corrected chi connectivity index (χ0v) is 12.0. The molecule has 0 aliphatic carbocycles. The van der Waals surface area contributed by atoms with E-state index >= 15 is 0 Å². The first-order chi connectivity index (χ1) is 9.15. The van der Waals surface area contributed by atoms with Crippen LogP contribution >= 0.6 is 15.9 Å². The summed E-state index contributed by atoms with van der Waals surface area (Å²) in [6, 6.07) is 7.45. The molecule has 0 saturated carbocycles. The molecule has 4 heteroatoms. The molecule has 1 aliphatic heterocycles. The van der Waals surface area contributed by atoms with Gasteiger partial charge in [0.15, 0.2) is 5.78 Å². The Balaban J connectivity index is 2.00. The number of hydrogen-bond acceptors (Lipinski definition) is 3. The first-order valence-electron chi connectivity index (χ1n) is 6.05. The van der Waals surface area contributed by atoms with Gasteiger partial charge in [-0.15, -0.1) is 0 Å². The van der Waals surface area contributed by atoms with Crippen molar-refractivity contribution in [1.29, 1.82) is 0 Å². The zero-order valence-electron chi connectivity index (χ0n) is 10.4. The predicted octanol–water partition coefficient (Wildman–Crippen LogP) is 3.86. The highest BCUT2D eigenvalue weighted by Gasteiger charge is 2.28. The molecule has 1 atom stereocenters. The van der Waals surface area contributed by atoms with Gasteiger partial charge in [-0.2, -0.15) is 0 Å². The van der Waals surface area contributed by atoms with E-state index in [9.17, 15) is 4.79 Å². The second-order valence-electron chi connectivity index (χ2n) is 4.61. The molecule has 3 rings (SSSR count). The zero-order chi connectivity index (χ0) is 13.4. The van der Waals surface area contributed by atoms with Gasteiger partial charge in [0.2, 0.25) is 0 Å². The molecule has 0 fully saturated rings. The van der Waals surface area contributed by atoms with Crippen LogP contribution in [0.3, 0.4) is 0 Å². The molecule has 19 heavy (non-hydrogen) atoms. The van der Waals surface area contributed by atoms with Gasteiger partial charge in [0, 0.05) is 22.4 Å². The van der Waals surface area contributed by atoms with Crippen LogP contribution in [0.15, 0.2) is 41.1 Å². The number of nitrogens with zero attached hydrogens (tertiary/aromatic N) is 1. The van der Waals surface area contributed by atoms with E-state index in [0.29, 0.717) is 17.7 Å². The lowest BCUT2D eigenvalue weighted by Gasteiger charge is -2.26. The lowest BCUT2D eigenvalue weighted by atomic mass is 9.95. The largest absolute Gasteiger partial charge is 0.484 e. The van der Waals surface area contributed by atoms with Crippen molar-refractivity contribution in [3.05, 3.63) is 57.8 Å². The Morgan fingerprint density at radius 1 is 1.37 bits per heavy atom. The van der Waals surface area contributed by atoms with E-state index in [4.69, 9.17) is 4.74 Å². The summed E-state index contributed by atoms with van der Waals surface area (Å²) in [6.45, 7) is 2.00. The van der Waals surface area contributed by atoms with Crippen molar-refractivity contribution in [2.45, 2.75) is 19.4 Å². The maximum atomic E-state index is 12.2. The van der Waals surface area contributed by atoms with Crippen molar-refractivity contribution in [3.8, 4) is 5.75 Å². The number of rotatable bonds is 1. The van der Waals surface area contributed by atoms with Crippen molar-refractivity contribution in [2.75, 3.05) is 0 Å². The number of Topliss-reactive ketones (excluding diaryl/α,β-unsaturated/α-hetero) is 1. The summed E-state index contributed by atoms with van der Waals surface area (Å²) in [5, 5.41) is 0. The van der Waals surface area contributed by atoms with E-state index in [-0.39, 0.29) is 11.9 Å². The minimum absolute atomic E-state index is 0.107. The molecule has 2 heterocycles. The number of pyridine rings is 1. The molecule has 1 unspecified atom stereocenters. The number of benzene rings is 1.